The van der Waals surface area contributed by atoms with E-state index in [-0.39, 0.29) is 6.10 Å². The van der Waals surface area contributed by atoms with Gasteiger partial charge in [-0.05, 0) is 43.6 Å². The zero-order valence-corrected chi connectivity index (χ0v) is 12.4. The minimum atomic E-state index is 0.0445. The van der Waals surface area contributed by atoms with Gasteiger partial charge >= 0.3 is 0 Å². The third kappa shape index (κ3) is 4.05. The number of hydrogen-bond acceptors (Lipinski definition) is 2. The Morgan fingerprint density at radius 3 is 2.21 bits per heavy atom. The molecule has 106 valence electrons. The van der Waals surface area contributed by atoms with Gasteiger partial charge < -0.3 is 10.5 Å². The molecule has 19 heavy (non-hydrogen) atoms. The van der Waals surface area contributed by atoms with Crippen molar-refractivity contribution in [1.82, 2.24) is 0 Å². The van der Waals surface area contributed by atoms with Gasteiger partial charge in [0.05, 0.1) is 12.2 Å². The maximum absolute atomic E-state index is 6.28. The summed E-state index contributed by atoms with van der Waals surface area (Å²) < 4.78 is 6.28. The van der Waals surface area contributed by atoms with Gasteiger partial charge in [-0.2, -0.15) is 0 Å². The van der Waals surface area contributed by atoms with Gasteiger partial charge in [-0.25, -0.2) is 0 Å². The summed E-state index contributed by atoms with van der Waals surface area (Å²) in [4.78, 5) is 0. The average molecular weight is 261 g/mol. The molecule has 2 heteroatoms. The molecule has 1 aromatic rings. The van der Waals surface area contributed by atoms with Gasteiger partial charge in [0.15, 0.2) is 0 Å². The van der Waals surface area contributed by atoms with Gasteiger partial charge in [0.25, 0.3) is 0 Å². The van der Waals surface area contributed by atoms with Gasteiger partial charge in [-0.3, -0.25) is 0 Å². The number of hydrogen-bond donors (Lipinski definition) is 1. The second-order valence-corrected chi connectivity index (χ2v) is 6.31. The maximum atomic E-state index is 6.28. The van der Waals surface area contributed by atoms with Gasteiger partial charge in [0.2, 0.25) is 0 Å². The normalized spacial score (nSPS) is 29.2. The molecule has 0 bridgehead atoms. The molecule has 2 N–H and O–H groups in total. The van der Waals surface area contributed by atoms with Crippen LogP contribution in [0.15, 0.2) is 24.3 Å². The molecule has 3 atom stereocenters. The minimum Gasteiger partial charge on any atom is -0.369 e. The van der Waals surface area contributed by atoms with Gasteiger partial charge in [0.1, 0.15) is 0 Å². The Labute approximate surface area is 117 Å². The molecule has 0 saturated heterocycles. The highest BCUT2D eigenvalue weighted by molar-refractivity contribution is 5.23. The summed E-state index contributed by atoms with van der Waals surface area (Å²) in [5.74, 6) is 1.54. The van der Waals surface area contributed by atoms with Crippen LogP contribution in [0.2, 0.25) is 0 Å². The molecule has 2 rings (SSSR count). The second kappa shape index (κ2) is 6.53. The quantitative estimate of drug-likeness (QED) is 0.894. The fourth-order valence-electron chi connectivity index (χ4n) is 3.27. The number of aryl methyl sites for hydroxylation is 1. The molecule has 3 unspecified atom stereocenters. The first-order valence-electron chi connectivity index (χ1n) is 7.50. The van der Waals surface area contributed by atoms with Gasteiger partial charge in [0, 0.05) is 6.54 Å². The lowest BCUT2D eigenvalue weighted by Crippen LogP contribution is -2.30. The first-order valence-corrected chi connectivity index (χ1v) is 7.50. The lowest BCUT2D eigenvalue weighted by atomic mass is 9.81. The summed E-state index contributed by atoms with van der Waals surface area (Å²) in [5, 5.41) is 0. The molecule has 1 fully saturated rings. The van der Waals surface area contributed by atoms with E-state index in [0.29, 0.717) is 12.6 Å². The predicted octanol–water partition coefficient (Wildman–Crippen LogP) is 3.84. The lowest BCUT2D eigenvalue weighted by molar-refractivity contribution is -0.0466. The van der Waals surface area contributed by atoms with Crippen LogP contribution in [-0.2, 0) is 4.74 Å². The summed E-state index contributed by atoms with van der Waals surface area (Å²) in [6.07, 6.45) is 4.09. The summed E-state index contributed by atoms with van der Waals surface area (Å²) in [6.45, 7) is 7.32. The van der Waals surface area contributed by atoms with E-state index in [4.69, 9.17) is 10.5 Å². The molecule has 1 aromatic carbocycles. The number of benzene rings is 1. The van der Waals surface area contributed by atoms with Crippen LogP contribution in [0.1, 0.15) is 50.3 Å². The Balaban J connectivity index is 2.00. The fraction of sp³-hybridized carbons (Fsp3) is 0.647. The SMILES string of the molecule is Cc1ccc(C(CN)OC2CC(C)CC(C)C2)cc1. The molecule has 0 aliphatic heterocycles. The maximum Gasteiger partial charge on any atom is 0.0950 e. The van der Waals surface area contributed by atoms with E-state index in [1.165, 1.54) is 30.4 Å². The van der Waals surface area contributed by atoms with Gasteiger partial charge in [-0.15, -0.1) is 0 Å². The van der Waals surface area contributed by atoms with Crippen LogP contribution in [-0.4, -0.2) is 12.6 Å². The molecule has 0 aromatic heterocycles. The molecular formula is C17H27NO. The lowest BCUT2D eigenvalue weighted by Gasteiger charge is -2.33. The van der Waals surface area contributed by atoms with E-state index in [0.717, 1.165) is 11.8 Å². The third-order valence-corrected chi connectivity index (χ3v) is 4.16. The number of nitrogens with two attached hydrogens (primary N) is 1. The smallest absolute Gasteiger partial charge is 0.0950 e. The molecule has 1 aliphatic carbocycles. The first kappa shape index (κ1) is 14.5. The Morgan fingerprint density at radius 1 is 1.11 bits per heavy atom. The molecule has 0 radical (unpaired) electrons. The van der Waals surface area contributed by atoms with Crippen LogP contribution in [0.5, 0.6) is 0 Å². The highest BCUT2D eigenvalue weighted by atomic mass is 16.5. The average Bonchev–Trinajstić information content (AvgIpc) is 2.36. The first-order chi connectivity index (χ1) is 9.08. The van der Waals surface area contributed by atoms with E-state index in [1.54, 1.807) is 0 Å². The van der Waals surface area contributed by atoms with Crippen molar-refractivity contribution >= 4 is 0 Å². The van der Waals surface area contributed by atoms with Crippen molar-refractivity contribution in [2.75, 3.05) is 6.54 Å². The largest absolute Gasteiger partial charge is 0.369 e. The minimum absolute atomic E-state index is 0.0445. The van der Waals surface area contributed by atoms with Crippen molar-refractivity contribution < 1.29 is 4.74 Å². The zero-order chi connectivity index (χ0) is 13.8. The van der Waals surface area contributed by atoms with Crippen molar-refractivity contribution in [3.8, 4) is 0 Å². The Hall–Kier alpha value is -0.860. The van der Waals surface area contributed by atoms with Crippen LogP contribution in [0.4, 0.5) is 0 Å². The second-order valence-electron chi connectivity index (χ2n) is 6.31. The van der Waals surface area contributed by atoms with Crippen LogP contribution in [0.25, 0.3) is 0 Å². The van der Waals surface area contributed by atoms with E-state index >= 15 is 0 Å². The van der Waals surface area contributed by atoms with Crippen molar-refractivity contribution in [2.24, 2.45) is 17.6 Å². The Bertz CT molecular complexity index is 377. The van der Waals surface area contributed by atoms with Crippen LogP contribution in [0.3, 0.4) is 0 Å². The van der Waals surface area contributed by atoms with Crippen LogP contribution in [0, 0.1) is 18.8 Å². The number of rotatable bonds is 4. The van der Waals surface area contributed by atoms with Crippen molar-refractivity contribution in [3.63, 3.8) is 0 Å². The topological polar surface area (TPSA) is 35.2 Å². The predicted molar refractivity (Wildman–Crippen MR) is 80.0 cm³/mol. The summed E-state index contributed by atoms with van der Waals surface area (Å²) in [5.41, 5.74) is 8.39. The molecular weight excluding hydrogens is 234 g/mol. The zero-order valence-electron chi connectivity index (χ0n) is 12.4. The van der Waals surface area contributed by atoms with Crippen molar-refractivity contribution in [2.45, 2.75) is 52.2 Å². The van der Waals surface area contributed by atoms with Crippen molar-refractivity contribution in [1.29, 1.82) is 0 Å². The Morgan fingerprint density at radius 2 is 1.68 bits per heavy atom. The van der Waals surface area contributed by atoms with E-state index in [9.17, 15) is 0 Å². The monoisotopic (exact) mass is 261 g/mol. The summed E-state index contributed by atoms with van der Waals surface area (Å²) in [6, 6.07) is 8.55. The van der Waals surface area contributed by atoms with Gasteiger partial charge in [-0.1, -0.05) is 43.7 Å². The molecule has 1 saturated carbocycles. The molecule has 0 amide bonds. The van der Waals surface area contributed by atoms with E-state index in [1.807, 2.05) is 0 Å². The molecule has 1 aliphatic rings. The summed E-state index contributed by atoms with van der Waals surface area (Å²) >= 11 is 0. The standard InChI is InChI=1S/C17H27NO/c1-12-4-6-15(7-5-12)17(11-18)19-16-9-13(2)8-14(3)10-16/h4-7,13-14,16-17H,8-11,18H2,1-3H3. The molecule has 0 spiro atoms. The van der Waals surface area contributed by atoms with Crippen LogP contribution < -0.4 is 5.73 Å². The van der Waals surface area contributed by atoms with E-state index < -0.39 is 0 Å². The highest BCUT2D eigenvalue weighted by Crippen LogP contribution is 2.33. The number of ether oxygens (including phenoxy) is 1. The molecule has 2 nitrogen and oxygen atoms in total. The van der Waals surface area contributed by atoms with Crippen LogP contribution >= 0.6 is 0 Å². The molecule has 0 heterocycles. The van der Waals surface area contributed by atoms with Crippen molar-refractivity contribution in [3.05, 3.63) is 35.4 Å². The van der Waals surface area contributed by atoms with E-state index in [2.05, 4.69) is 45.0 Å². The highest BCUT2D eigenvalue weighted by Gasteiger charge is 2.26. The Kier molecular flexibility index (Phi) is 5.00. The fourth-order valence-corrected chi connectivity index (χ4v) is 3.27. The third-order valence-electron chi connectivity index (χ3n) is 4.16. The summed E-state index contributed by atoms with van der Waals surface area (Å²) in [7, 11) is 0.